The number of hydrogen-bond donors (Lipinski definition) is 10. The second-order valence-electron chi connectivity index (χ2n) is 4.78. The van der Waals surface area contributed by atoms with E-state index >= 15 is 0 Å². The van der Waals surface area contributed by atoms with Gasteiger partial charge in [0.15, 0.2) is 0 Å². The molecule has 0 saturated heterocycles. The van der Waals surface area contributed by atoms with Gasteiger partial charge in [0.25, 0.3) is 0 Å². The minimum Gasteiger partial charge on any atom is -0.481 e. The van der Waals surface area contributed by atoms with Gasteiger partial charge in [0.1, 0.15) is 30.5 Å². The third-order valence-electron chi connectivity index (χ3n) is 2.42. The van der Waals surface area contributed by atoms with E-state index in [2.05, 4.69) is 0 Å². The van der Waals surface area contributed by atoms with E-state index in [0.29, 0.717) is 0 Å². The molecule has 1 unspecified atom stereocenters. The molecule has 0 aromatic rings. The number of carboxylic acid groups (broad SMARTS) is 3. The lowest BCUT2D eigenvalue weighted by Crippen LogP contribution is -2.46. The summed E-state index contributed by atoms with van der Waals surface area (Å²) in [5.74, 6) is -3.34. The Morgan fingerprint density at radius 2 is 0.923 bits per heavy atom. The summed E-state index contributed by atoms with van der Waals surface area (Å²) in [4.78, 5) is 28.7. The second kappa shape index (κ2) is 16.6. The maximum Gasteiger partial charge on any atom is 0.332 e. The van der Waals surface area contributed by atoms with E-state index in [4.69, 9.17) is 51.1 Å². The van der Waals surface area contributed by atoms with Gasteiger partial charge in [-0.2, -0.15) is 0 Å². The molecule has 0 radical (unpaired) electrons. The highest BCUT2D eigenvalue weighted by Gasteiger charge is 2.29. The zero-order valence-corrected chi connectivity index (χ0v) is 13.9. The first-order chi connectivity index (χ1) is 11.8. The van der Waals surface area contributed by atoms with Gasteiger partial charge in [-0.05, 0) is 6.92 Å². The van der Waals surface area contributed by atoms with Crippen LogP contribution < -0.4 is 0 Å². The number of aliphatic carboxylic acids is 3. The van der Waals surface area contributed by atoms with E-state index in [1.54, 1.807) is 0 Å². The summed E-state index contributed by atoms with van der Waals surface area (Å²) >= 11 is 0. The van der Waals surface area contributed by atoms with Crippen LogP contribution in [0.25, 0.3) is 0 Å². The van der Waals surface area contributed by atoms with Crippen LogP contribution in [0.15, 0.2) is 0 Å². The van der Waals surface area contributed by atoms with Crippen LogP contribution in [0.3, 0.4) is 0 Å². The van der Waals surface area contributed by atoms with Gasteiger partial charge in [0.05, 0.1) is 26.1 Å². The third kappa shape index (κ3) is 18.5. The van der Waals surface area contributed by atoms with Crippen molar-refractivity contribution in [2.24, 2.45) is 0 Å². The molecule has 0 aliphatic carbocycles. The van der Waals surface area contributed by atoms with E-state index in [1.165, 1.54) is 6.92 Å². The standard InChI is InChI=1S/C6H14O6.C4H6O4.C3H6O3/c7-1-3(9)5(11)6(12)4(10)2-8;5-3(6)1-2-4(7)8;1-2(4)3(5)6/h3-12H,1-2H2;1-2H2,(H,5,6)(H,7,8);2,4H,1H3,(H,5,6)/t3-,4-,5-,6-;;/m1../s1. The molecule has 156 valence electrons. The Kier molecular flexibility index (Phi) is 18.4. The molecule has 0 rings (SSSR count). The number of carboxylic acids is 3. The molecule has 13 nitrogen and oxygen atoms in total. The van der Waals surface area contributed by atoms with Gasteiger partial charge in [-0.25, -0.2) is 4.79 Å². The van der Waals surface area contributed by atoms with Crippen LogP contribution in [0.1, 0.15) is 19.8 Å². The fraction of sp³-hybridized carbons (Fsp3) is 0.769. The summed E-state index contributed by atoms with van der Waals surface area (Å²) in [6, 6.07) is 0. The molecule has 0 aliphatic rings. The zero-order valence-electron chi connectivity index (χ0n) is 13.9. The van der Waals surface area contributed by atoms with Crippen molar-refractivity contribution >= 4 is 17.9 Å². The number of carbonyl (C=O) groups is 3. The largest absolute Gasteiger partial charge is 0.481 e. The van der Waals surface area contributed by atoms with Gasteiger partial charge >= 0.3 is 17.9 Å². The summed E-state index contributed by atoms with van der Waals surface area (Å²) in [7, 11) is 0. The van der Waals surface area contributed by atoms with Crippen LogP contribution in [0.2, 0.25) is 0 Å². The predicted molar refractivity (Wildman–Crippen MR) is 82.0 cm³/mol. The van der Waals surface area contributed by atoms with Crippen LogP contribution in [0, 0.1) is 0 Å². The molecule has 13 heteroatoms. The Bertz CT molecular complexity index is 369. The van der Waals surface area contributed by atoms with Gasteiger partial charge in [0.2, 0.25) is 0 Å². The second-order valence-corrected chi connectivity index (χ2v) is 4.78. The van der Waals surface area contributed by atoms with E-state index in [-0.39, 0.29) is 12.8 Å². The van der Waals surface area contributed by atoms with Gasteiger partial charge < -0.3 is 51.1 Å². The predicted octanol–water partition coefficient (Wildman–Crippen LogP) is -4.20. The lowest BCUT2D eigenvalue weighted by Gasteiger charge is -2.24. The quantitative estimate of drug-likeness (QED) is 0.179. The Morgan fingerprint density at radius 1 is 0.692 bits per heavy atom. The molecule has 0 heterocycles. The number of aliphatic hydroxyl groups excluding tert-OH is 7. The van der Waals surface area contributed by atoms with Gasteiger partial charge in [-0.3, -0.25) is 9.59 Å². The summed E-state index contributed by atoms with van der Waals surface area (Å²) in [5.41, 5.74) is 0. The molecule has 0 aliphatic heterocycles. The molecule has 0 fully saturated rings. The molecule has 0 bridgehead atoms. The summed E-state index contributed by atoms with van der Waals surface area (Å²) in [5, 5.41) is 83.7. The van der Waals surface area contributed by atoms with Crippen molar-refractivity contribution < 1.29 is 65.4 Å². The lowest BCUT2D eigenvalue weighted by atomic mass is 10.0. The van der Waals surface area contributed by atoms with E-state index in [0.717, 1.165) is 0 Å². The first-order valence-electron chi connectivity index (χ1n) is 7.10. The molecule has 0 spiro atoms. The number of rotatable bonds is 9. The minimum atomic E-state index is -1.67. The molecule has 26 heavy (non-hydrogen) atoms. The Hall–Kier alpha value is -1.87. The monoisotopic (exact) mass is 390 g/mol. The summed E-state index contributed by atoms with van der Waals surface area (Å²) in [6.45, 7) is -0.255. The maximum atomic E-state index is 9.64. The Labute approximate surface area is 148 Å². The number of hydrogen-bond acceptors (Lipinski definition) is 10. The van der Waals surface area contributed by atoms with Crippen LogP contribution >= 0.6 is 0 Å². The van der Waals surface area contributed by atoms with Crippen molar-refractivity contribution in [1.29, 1.82) is 0 Å². The highest BCUT2D eigenvalue weighted by atomic mass is 16.4. The van der Waals surface area contributed by atoms with Crippen LogP contribution in [0.5, 0.6) is 0 Å². The fourth-order valence-electron chi connectivity index (χ4n) is 0.885. The molecule has 10 N–H and O–H groups in total. The smallest absolute Gasteiger partial charge is 0.332 e. The molecule has 0 amide bonds. The van der Waals surface area contributed by atoms with Crippen LogP contribution in [-0.4, -0.2) is 113 Å². The summed E-state index contributed by atoms with van der Waals surface area (Å²) in [6.07, 6.45) is -8.22. The molecular formula is C13H26O13. The average Bonchev–Trinajstić information content (AvgIpc) is 2.58. The van der Waals surface area contributed by atoms with Gasteiger partial charge in [0, 0.05) is 0 Å². The zero-order chi connectivity index (χ0) is 21.4. The van der Waals surface area contributed by atoms with Gasteiger partial charge in [-0.1, -0.05) is 0 Å². The highest BCUT2D eigenvalue weighted by molar-refractivity contribution is 5.75. The maximum absolute atomic E-state index is 9.64. The van der Waals surface area contributed by atoms with Gasteiger partial charge in [-0.15, -0.1) is 0 Å². The average molecular weight is 390 g/mol. The van der Waals surface area contributed by atoms with Crippen molar-refractivity contribution in [1.82, 2.24) is 0 Å². The minimum absolute atomic E-state index is 0.296. The molecule has 5 atom stereocenters. The third-order valence-corrected chi connectivity index (χ3v) is 2.42. The molecule has 0 aromatic heterocycles. The van der Waals surface area contributed by atoms with Crippen molar-refractivity contribution in [3.8, 4) is 0 Å². The molecule has 0 aromatic carbocycles. The van der Waals surface area contributed by atoms with Crippen molar-refractivity contribution in [3.63, 3.8) is 0 Å². The first kappa shape index (κ1) is 28.9. The van der Waals surface area contributed by atoms with Crippen LogP contribution in [-0.2, 0) is 14.4 Å². The number of aliphatic hydroxyl groups is 7. The molecular weight excluding hydrogens is 364 g/mol. The Balaban J connectivity index is -0.000000328. The first-order valence-corrected chi connectivity index (χ1v) is 7.10. The van der Waals surface area contributed by atoms with Crippen molar-refractivity contribution in [2.45, 2.75) is 50.3 Å². The Morgan fingerprint density at radius 3 is 1.04 bits per heavy atom. The van der Waals surface area contributed by atoms with Crippen molar-refractivity contribution in [2.75, 3.05) is 13.2 Å². The van der Waals surface area contributed by atoms with E-state index in [1.807, 2.05) is 0 Å². The van der Waals surface area contributed by atoms with E-state index in [9.17, 15) is 14.4 Å². The SMILES string of the molecule is CC(O)C(=O)O.O=C(O)CCC(=O)O.OC[C@@H](O)[C@@H](O)[C@H](O)[C@H](O)CO. The lowest BCUT2D eigenvalue weighted by molar-refractivity contribution is -0.145. The van der Waals surface area contributed by atoms with Crippen LogP contribution in [0.4, 0.5) is 0 Å². The summed E-state index contributed by atoms with van der Waals surface area (Å²) < 4.78 is 0. The normalized spacial score (nSPS) is 15.7. The highest BCUT2D eigenvalue weighted by Crippen LogP contribution is 2.04. The van der Waals surface area contributed by atoms with E-state index < -0.39 is 61.6 Å². The van der Waals surface area contributed by atoms with Crippen molar-refractivity contribution in [3.05, 3.63) is 0 Å². The fourth-order valence-corrected chi connectivity index (χ4v) is 0.885. The topological polar surface area (TPSA) is 254 Å². The molecule has 0 saturated carbocycles.